The van der Waals surface area contributed by atoms with Gasteiger partial charge in [-0.2, -0.15) is 0 Å². The van der Waals surface area contributed by atoms with Crippen LogP contribution in [-0.2, 0) is 4.79 Å². The van der Waals surface area contributed by atoms with E-state index in [9.17, 15) is 24.1 Å². The number of nitro benzene ring substituents is 1. The Balaban J connectivity index is 2.16. The summed E-state index contributed by atoms with van der Waals surface area (Å²) in [6.45, 7) is 3.89. The van der Waals surface area contributed by atoms with Gasteiger partial charge in [0.15, 0.2) is 0 Å². The normalized spacial score (nSPS) is 10.6. The minimum absolute atomic E-state index is 0.0673. The second-order valence-electron chi connectivity index (χ2n) is 6.17. The van der Waals surface area contributed by atoms with E-state index in [1.54, 1.807) is 32.0 Å². The van der Waals surface area contributed by atoms with Crippen molar-refractivity contribution < 1.29 is 18.9 Å². The van der Waals surface area contributed by atoms with Crippen LogP contribution in [0, 0.1) is 21.8 Å². The van der Waals surface area contributed by atoms with Crippen LogP contribution >= 0.6 is 11.8 Å². The van der Waals surface area contributed by atoms with Gasteiger partial charge >= 0.3 is 0 Å². The van der Waals surface area contributed by atoms with E-state index in [4.69, 9.17) is 0 Å². The summed E-state index contributed by atoms with van der Waals surface area (Å²) in [5.41, 5.74) is -0.172. The Kier molecular flexibility index (Phi) is 7.51. The number of benzene rings is 2. The lowest BCUT2D eigenvalue weighted by Crippen LogP contribution is -2.36. The first-order valence-corrected chi connectivity index (χ1v) is 9.38. The summed E-state index contributed by atoms with van der Waals surface area (Å²) in [5.74, 6) is -1.30. The molecule has 2 aromatic carbocycles. The zero-order chi connectivity index (χ0) is 20.7. The average Bonchev–Trinajstić information content (AvgIpc) is 2.66. The number of non-ortho nitro benzene ring substituents is 1. The molecular formula is C19H20FN3O4S. The molecule has 2 rings (SSSR count). The first-order chi connectivity index (χ1) is 13.3. The van der Waals surface area contributed by atoms with Crippen molar-refractivity contribution >= 4 is 29.3 Å². The first-order valence-electron chi connectivity index (χ1n) is 8.56. The summed E-state index contributed by atoms with van der Waals surface area (Å²) in [6.07, 6.45) is 0. The van der Waals surface area contributed by atoms with E-state index in [-0.39, 0.29) is 36.2 Å². The van der Waals surface area contributed by atoms with Gasteiger partial charge in [-0.1, -0.05) is 37.7 Å². The van der Waals surface area contributed by atoms with Crippen LogP contribution in [0.5, 0.6) is 0 Å². The fourth-order valence-corrected chi connectivity index (χ4v) is 3.15. The predicted octanol–water partition coefficient (Wildman–Crippen LogP) is 3.39. The number of amides is 2. The highest BCUT2D eigenvalue weighted by atomic mass is 32.2. The van der Waals surface area contributed by atoms with E-state index in [1.807, 2.05) is 0 Å². The molecule has 0 heterocycles. The second-order valence-corrected chi connectivity index (χ2v) is 7.26. The fourth-order valence-electron chi connectivity index (χ4n) is 2.21. The molecule has 148 valence electrons. The molecule has 0 atom stereocenters. The molecule has 2 amide bonds. The van der Waals surface area contributed by atoms with Crippen LogP contribution in [0.1, 0.15) is 24.2 Å². The maximum atomic E-state index is 13.9. The Bertz CT molecular complexity index is 889. The van der Waals surface area contributed by atoms with E-state index in [0.29, 0.717) is 9.79 Å². The third-order valence-electron chi connectivity index (χ3n) is 3.71. The number of hydrogen-bond donors (Lipinski definition) is 2. The van der Waals surface area contributed by atoms with Gasteiger partial charge in [-0.3, -0.25) is 19.7 Å². The molecule has 0 aliphatic heterocycles. The highest BCUT2D eigenvalue weighted by Gasteiger charge is 2.18. The van der Waals surface area contributed by atoms with Crippen molar-refractivity contribution in [1.82, 2.24) is 10.6 Å². The summed E-state index contributed by atoms with van der Waals surface area (Å²) in [6, 6.07) is 9.91. The molecule has 0 aliphatic carbocycles. The van der Waals surface area contributed by atoms with Crippen molar-refractivity contribution in [2.45, 2.75) is 23.6 Å². The molecule has 2 N–H and O–H groups in total. The van der Waals surface area contributed by atoms with E-state index in [0.717, 1.165) is 17.8 Å². The van der Waals surface area contributed by atoms with Gasteiger partial charge in [0, 0.05) is 40.9 Å². The maximum absolute atomic E-state index is 13.9. The van der Waals surface area contributed by atoms with Crippen molar-refractivity contribution in [3.8, 4) is 0 Å². The minimum atomic E-state index is -0.600. The van der Waals surface area contributed by atoms with Gasteiger partial charge < -0.3 is 10.6 Å². The summed E-state index contributed by atoms with van der Waals surface area (Å²) >= 11 is 1.01. The smallest absolute Gasteiger partial charge is 0.270 e. The molecule has 0 radical (unpaired) electrons. The van der Waals surface area contributed by atoms with Crippen LogP contribution in [0.4, 0.5) is 10.1 Å². The van der Waals surface area contributed by atoms with Crippen LogP contribution in [0.15, 0.2) is 52.3 Å². The SMILES string of the molecule is CC(C)C(=O)NCCNC(=O)c1cc([N+](=O)[O-])ccc1Sc1ccccc1F. The molecule has 0 aromatic heterocycles. The topological polar surface area (TPSA) is 101 Å². The number of rotatable bonds is 8. The Hall–Kier alpha value is -2.94. The van der Waals surface area contributed by atoms with Gasteiger partial charge in [-0.05, 0) is 18.2 Å². The van der Waals surface area contributed by atoms with Gasteiger partial charge in [0.05, 0.1) is 10.5 Å². The van der Waals surface area contributed by atoms with Crippen molar-refractivity contribution in [3.05, 3.63) is 64.0 Å². The lowest BCUT2D eigenvalue weighted by molar-refractivity contribution is -0.384. The number of nitrogens with one attached hydrogen (secondary N) is 2. The van der Waals surface area contributed by atoms with Gasteiger partial charge in [0.25, 0.3) is 11.6 Å². The van der Waals surface area contributed by atoms with Gasteiger partial charge in [0.2, 0.25) is 5.91 Å². The minimum Gasteiger partial charge on any atom is -0.354 e. The van der Waals surface area contributed by atoms with E-state index in [2.05, 4.69) is 10.6 Å². The highest BCUT2D eigenvalue weighted by Crippen LogP contribution is 2.33. The molecule has 28 heavy (non-hydrogen) atoms. The van der Waals surface area contributed by atoms with Crippen molar-refractivity contribution in [3.63, 3.8) is 0 Å². The van der Waals surface area contributed by atoms with E-state index < -0.39 is 16.6 Å². The Morgan fingerprint density at radius 3 is 2.43 bits per heavy atom. The number of hydrogen-bond acceptors (Lipinski definition) is 5. The molecule has 9 heteroatoms. The van der Waals surface area contributed by atoms with Gasteiger partial charge in [-0.25, -0.2) is 4.39 Å². The molecular weight excluding hydrogens is 385 g/mol. The summed E-state index contributed by atoms with van der Waals surface area (Å²) in [5, 5.41) is 16.3. The quantitative estimate of drug-likeness (QED) is 0.398. The molecule has 7 nitrogen and oxygen atoms in total. The Labute approximate surface area is 165 Å². The molecule has 0 fully saturated rings. The number of nitrogens with zero attached hydrogens (tertiary/aromatic N) is 1. The van der Waals surface area contributed by atoms with Crippen LogP contribution in [-0.4, -0.2) is 29.8 Å². The third kappa shape index (κ3) is 5.78. The molecule has 0 bridgehead atoms. The molecule has 0 saturated heterocycles. The van der Waals surface area contributed by atoms with Gasteiger partial charge in [-0.15, -0.1) is 0 Å². The zero-order valence-electron chi connectivity index (χ0n) is 15.4. The number of halogens is 1. The first kappa shape index (κ1) is 21.4. The van der Waals surface area contributed by atoms with E-state index in [1.165, 1.54) is 18.2 Å². The fraction of sp³-hybridized carbons (Fsp3) is 0.263. The lowest BCUT2D eigenvalue weighted by Gasteiger charge is -2.11. The van der Waals surface area contributed by atoms with Crippen LogP contribution in [0.2, 0.25) is 0 Å². The van der Waals surface area contributed by atoms with Crippen LogP contribution in [0.3, 0.4) is 0 Å². The molecule has 2 aromatic rings. The summed E-state index contributed by atoms with van der Waals surface area (Å²) < 4.78 is 13.9. The Morgan fingerprint density at radius 1 is 1.11 bits per heavy atom. The van der Waals surface area contributed by atoms with Crippen molar-refractivity contribution in [1.29, 1.82) is 0 Å². The van der Waals surface area contributed by atoms with Crippen LogP contribution in [0.25, 0.3) is 0 Å². The monoisotopic (exact) mass is 405 g/mol. The third-order valence-corrected chi connectivity index (χ3v) is 4.84. The maximum Gasteiger partial charge on any atom is 0.270 e. The van der Waals surface area contributed by atoms with Gasteiger partial charge in [0.1, 0.15) is 5.82 Å². The van der Waals surface area contributed by atoms with Crippen molar-refractivity contribution in [2.75, 3.05) is 13.1 Å². The standard InChI is InChI=1S/C19H20FN3O4S/c1-12(2)18(24)21-9-10-22-19(25)14-11-13(23(26)27)7-8-16(14)28-17-6-4-3-5-15(17)20/h3-8,11-12H,9-10H2,1-2H3,(H,21,24)(H,22,25). The molecule has 0 spiro atoms. The predicted molar refractivity (Wildman–Crippen MR) is 104 cm³/mol. The summed E-state index contributed by atoms with van der Waals surface area (Å²) in [4.78, 5) is 35.2. The largest absolute Gasteiger partial charge is 0.354 e. The second kappa shape index (κ2) is 9.84. The van der Waals surface area contributed by atoms with Crippen LogP contribution < -0.4 is 10.6 Å². The Morgan fingerprint density at radius 2 is 1.79 bits per heavy atom. The zero-order valence-corrected chi connectivity index (χ0v) is 16.2. The summed E-state index contributed by atoms with van der Waals surface area (Å²) in [7, 11) is 0. The number of carbonyl (C=O) groups is 2. The lowest BCUT2D eigenvalue weighted by atomic mass is 10.2. The molecule has 0 aliphatic rings. The van der Waals surface area contributed by atoms with E-state index >= 15 is 0 Å². The molecule has 0 saturated carbocycles. The average molecular weight is 405 g/mol. The molecule has 0 unspecified atom stereocenters. The number of carbonyl (C=O) groups excluding carboxylic acids is 2. The highest BCUT2D eigenvalue weighted by molar-refractivity contribution is 7.99. The number of nitro groups is 1. The van der Waals surface area contributed by atoms with Crippen molar-refractivity contribution in [2.24, 2.45) is 5.92 Å².